The van der Waals surface area contributed by atoms with Gasteiger partial charge in [0.1, 0.15) is 5.69 Å². The summed E-state index contributed by atoms with van der Waals surface area (Å²) in [7, 11) is 0. The number of hydrogen-bond acceptors (Lipinski definition) is 3. The number of benzene rings is 1. The SMILES string of the molecule is CC(C)n1ncc(Cl)c1C(=O)c1ccc2c(c1)CNCC2. The summed E-state index contributed by atoms with van der Waals surface area (Å²) in [6.07, 6.45) is 2.54. The van der Waals surface area contributed by atoms with Gasteiger partial charge in [0.15, 0.2) is 0 Å². The molecular weight excluding hydrogens is 286 g/mol. The number of hydrogen-bond donors (Lipinski definition) is 1. The summed E-state index contributed by atoms with van der Waals surface area (Å²) < 4.78 is 1.68. The zero-order valence-corrected chi connectivity index (χ0v) is 12.9. The molecule has 110 valence electrons. The summed E-state index contributed by atoms with van der Waals surface area (Å²) in [5.41, 5.74) is 3.64. The summed E-state index contributed by atoms with van der Waals surface area (Å²) in [4.78, 5) is 12.8. The van der Waals surface area contributed by atoms with Crippen molar-refractivity contribution >= 4 is 17.4 Å². The molecule has 1 aliphatic rings. The molecule has 0 radical (unpaired) electrons. The summed E-state index contributed by atoms with van der Waals surface area (Å²) in [5.74, 6) is -0.0698. The number of aromatic nitrogens is 2. The molecule has 2 heterocycles. The van der Waals surface area contributed by atoms with E-state index in [0.29, 0.717) is 16.3 Å². The Morgan fingerprint density at radius 3 is 2.95 bits per heavy atom. The topological polar surface area (TPSA) is 46.9 Å². The third-order valence-corrected chi connectivity index (χ3v) is 4.09. The zero-order valence-electron chi connectivity index (χ0n) is 12.2. The van der Waals surface area contributed by atoms with E-state index >= 15 is 0 Å². The molecule has 0 saturated heterocycles. The van der Waals surface area contributed by atoms with Crippen molar-refractivity contribution in [2.24, 2.45) is 0 Å². The Labute approximate surface area is 129 Å². The molecular formula is C16H18ClN3O. The van der Waals surface area contributed by atoms with Crippen molar-refractivity contribution in [3.8, 4) is 0 Å². The van der Waals surface area contributed by atoms with E-state index in [1.165, 1.54) is 17.3 Å². The third-order valence-electron chi connectivity index (χ3n) is 3.81. The monoisotopic (exact) mass is 303 g/mol. The number of ketones is 1. The van der Waals surface area contributed by atoms with Gasteiger partial charge < -0.3 is 5.32 Å². The van der Waals surface area contributed by atoms with Crippen LogP contribution in [0.4, 0.5) is 0 Å². The van der Waals surface area contributed by atoms with E-state index < -0.39 is 0 Å². The predicted molar refractivity (Wildman–Crippen MR) is 82.9 cm³/mol. The number of carbonyl (C=O) groups excluding carboxylic acids is 1. The van der Waals surface area contributed by atoms with Crippen molar-refractivity contribution < 1.29 is 4.79 Å². The van der Waals surface area contributed by atoms with Crippen molar-refractivity contribution in [3.05, 3.63) is 51.8 Å². The Balaban J connectivity index is 2.01. The van der Waals surface area contributed by atoms with Crippen LogP contribution in [0.5, 0.6) is 0 Å². The fourth-order valence-corrected chi connectivity index (χ4v) is 2.92. The Kier molecular flexibility index (Phi) is 3.83. The van der Waals surface area contributed by atoms with E-state index in [9.17, 15) is 4.79 Å². The van der Waals surface area contributed by atoms with Crippen molar-refractivity contribution in [1.82, 2.24) is 15.1 Å². The second kappa shape index (κ2) is 5.62. The Hall–Kier alpha value is -1.65. The smallest absolute Gasteiger partial charge is 0.212 e. The molecule has 0 saturated carbocycles. The molecule has 2 aromatic rings. The summed E-state index contributed by atoms with van der Waals surface area (Å²) in [6, 6.07) is 6.00. The van der Waals surface area contributed by atoms with E-state index in [-0.39, 0.29) is 11.8 Å². The lowest BCUT2D eigenvalue weighted by molar-refractivity contribution is 0.102. The average molecular weight is 304 g/mol. The molecule has 0 aliphatic carbocycles. The molecule has 0 unspecified atom stereocenters. The Bertz CT molecular complexity index is 691. The Morgan fingerprint density at radius 2 is 2.19 bits per heavy atom. The lowest BCUT2D eigenvalue weighted by Crippen LogP contribution is -2.24. The minimum Gasteiger partial charge on any atom is -0.312 e. The van der Waals surface area contributed by atoms with Gasteiger partial charge in [0.25, 0.3) is 0 Å². The number of nitrogens with zero attached hydrogens (tertiary/aromatic N) is 2. The van der Waals surface area contributed by atoms with Gasteiger partial charge in [-0.25, -0.2) is 0 Å². The van der Waals surface area contributed by atoms with Gasteiger partial charge in [-0.05, 0) is 44.0 Å². The molecule has 0 bridgehead atoms. The van der Waals surface area contributed by atoms with Gasteiger partial charge in [0.2, 0.25) is 5.78 Å². The molecule has 3 rings (SSSR count). The quantitative estimate of drug-likeness (QED) is 0.887. The van der Waals surface area contributed by atoms with Gasteiger partial charge >= 0.3 is 0 Å². The molecule has 5 heteroatoms. The van der Waals surface area contributed by atoms with Gasteiger partial charge in [-0.1, -0.05) is 23.7 Å². The highest BCUT2D eigenvalue weighted by Crippen LogP contribution is 2.24. The Morgan fingerprint density at radius 1 is 1.38 bits per heavy atom. The van der Waals surface area contributed by atoms with Crippen LogP contribution in [0.3, 0.4) is 0 Å². The van der Waals surface area contributed by atoms with E-state index in [1.54, 1.807) is 4.68 Å². The largest absolute Gasteiger partial charge is 0.312 e. The number of carbonyl (C=O) groups is 1. The molecule has 1 aromatic heterocycles. The summed E-state index contributed by atoms with van der Waals surface area (Å²) >= 11 is 6.16. The minimum atomic E-state index is -0.0698. The number of rotatable bonds is 3. The van der Waals surface area contributed by atoms with Crippen LogP contribution >= 0.6 is 11.6 Å². The van der Waals surface area contributed by atoms with E-state index in [0.717, 1.165) is 19.5 Å². The first-order chi connectivity index (χ1) is 10.1. The lowest BCUT2D eigenvalue weighted by atomic mass is 9.96. The van der Waals surface area contributed by atoms with E-state index in [4.69, 9.17) is 11.6 Å². The highest BCUT2D eigenvalue weighted by molar-refractivity contribution is 6.34. The van der Waals surface area contributed by atoms with Gasteiger partial charge in [0.05, 0.1) is 11.2 Å². The highest BCUT2D eigenvalue weighted by atomic mass is 35.5. The van der Waals surface area contributed by atoms with Gasteiger partial charge in [-0.3, -0.25) is 9.48 Å². The van der Waals surface area contributed by atoms with Crippen LogP contribution in [0.1, 0.15) is 47.1 Å². The van der Waals surface area contributed by atoms with Crippen LogP contribution < -0.4 is 5.32 Å². The predicted octanol–water partition coefficient (Wildman–Crippen LogP) is 2.99. The third kappa shape index (κ3) is 2.61. The van der Waals surface area contributed by atoms with Gasteiger partial charge in [-0.2, -0.15) is 5.10 Å². The van der Waals surface area contributed by atoms with Crippen molar-refractivity contribution in [2.45, 2.75) is 32.9 Å². The van der Waals surface area contributed by atoms with Crippen LogP contribution in [0.2, 0.25) is 5.02 Å². The molecule has 1 aliphatic heterocycles. The second-order valence-electron chi connectivity index (χ2n) is 5.62. The van der Waals surface area contributed by atoms with Gasteiger partial charge in [-0.15, -0.1) is 0 Å². The summed E-state index contributed by atoms with van der Waals surface area (Å²) in [5, 5.41) is 7.94. The van der Waals surface area contributed by atoms with Crippen molar-refractivity contribution in [1.29, 1.82) is 0 Å². The second-order valence-corrected chi connectivity index (χ2v) is 6.03. The number of fused-ring (bicyclic) bond motifs is 1. The van der Waals surface area contributed by atoms with E-state index in [1.807, 2.05) is 32.0 Å². The highest BCUT2D eigenvalue weighted by Gasteiger charge is 2.21. The van der Waals surface area contributed by atoms with Crippen molar-refractivity contribution in [3.63, 3.8) is 0 Å². The summed E-state index contributed by atoms with van der Waals surface area (Å²) in [6.45, 7) is 5.77. The van der Waals surface area contributed by atoms with Crippen LogP contribution in [-0.2, 0) is 13.0 Å². The normalized spacial score (nSPS) is 14.3. The first-order valence-electron chi connectivity index (χ1n) is 7.18. The zero-order chi connectivity index (χ0) is 15.0. The first kappa shape index (κ1) is 14.3. The van der Waals surface area contributed by atoms with E-state index in [2.05, 4.69) is 10.4 Å². The number of nitrogens with one attached hydrogen (secondary N) is 1. The van der Waals surface area contributed by atoms with Crippen LogP contribution in [-0.4, -0.2) is 22.1 Å². The lowest BCUT2D eigenvalue weighted by Gasteiger charge is -2.18. The maximum absolute atomic E-state index is 12.8. The molecule has 0 spiro atoms. The fourth-order valence-electron chi connectivity index (χ4n) is 2.70. The molecule has 1 N–H and O–H groups in total. The van der Waals surface area contributed by atoms with Crippen LogP contribution in [0.15, 0.2) is 24.4 Å². The van der Waals surface area contributed by atoms with Crippen molar-refractivity contribution in [2.75, 3.05) is 6.54 Å². The molecule has 21 heavy (non-hydrogen) atoms. The maximum atomic E-state index is 12.8. The van der Waals surface area contributed by atoms with Crippen LogP contribution in [0.25, 0.3) is 0 Å². The molecule has 4 nitrogen and oxygen atoms in total. The molecule has 0 amide bonds. The molecule has 1 aromatic carbocycles. The molecule has 0 fully saturated rings. The van der Waals surface area contributed by atoms with Crippen LogP contribution in [0, 0.1) is 0 Å². The maximum Gasteiger partial charge on any atom is 0.212 e. The minimum absolute atomic E-state index is 0.0698. The first-order valence-corrected chi connectivity index (χ1v) is 7.56. The molecule has 0 atom stereocenters. The van der Waals surface area contributed by atoms with Gasteiger partial charge in [0, 0.05) is 18.2 Å². The number of halogens is 1. The standard InChI is InChI=1S/C16H18ClN3O/c1-10(2)20-15(14(17)9-19-20)16(21)12-4-3-11-5-6-18-8-13(11)7-12/h3-4,7,9-10,18H,5-6,8H2,1-2H3. The fraction of sp³-hybridized carbons (Fsp3) is 0.375. The average Bonchev–Trinajstić information content (AvgIpc) is 2.88.